The van der Waals surface area contributed by atoms with Gasteiger partial charge in [-0.25, -0.2) is 0 Å². The molecule has 0 aromatic carbocycles. The van der Waals surface area contributed by atoms with Gasteiger partial charge in [-0.1, -0.05) is 12.5 Å². The van der Waals surface area contributed by atoms with E-state index in [0.717, 1.165) is 50.7 Å². The van der Waals surface area contributed by atoms with E-state index < -0.39 is 0 Å². The minimum atomic E-state index is 0. The number of halogens is 1. The van der Waals surface area contributed by atoms with E-state index in [1.165, 1.54) is 32.4 Å². The number of nitrogens with zero attached hydrogens (tertiary/aromatic N) is 3. The highest BCUT2D eigenvalue weighted by Gasteiger charge is 2.09. The van der Waals surface area contributed by atoms with E-state index in [4.69, 9.17) is 0 Å². The van der Waals surface area contributed by atoms with Gasteiger partial charge in [0.25, 0.3) is 5.56 Å². The van der Waals surface area contributed by atoms with Crippen molar-refractivity contribution in [3.63, 3.8) is 0 Å². The Balaban J connectivity index is 0.00000338. The Morgan fingerprint density at radius 2 is 1.81 bits per heavy atom. The quantitative estimate of drug-likeness (QED) is 0.262. The fourth-order valence-electron chi connectivity index (χ4n) is 3.25. The molecule has 1 aromatic rings. The van der Waals surface area contributed by atoms with E-state index in [0.29, 0.717) is 0 Å². The van der Waals surface area contributed by atoms with Gasteiger partial charge in [-0.05, 0) is 51.8 Å². The molecule has 0 amide bonds. The summed E-state index contributed by atoms with van der Waals surface area (Å²) < 4.78 is 1.84. The summed E-state index contributed by atoms with van der Waals surface area (Å²) in [6.07, 6.45) is 6.02. The third kappa shape index (κ3) is 8.07. The number of aliphatic imine (C=N–C) groups is 1. The topological polar surface area (TPSA) is 61.7 Å². The number of guanidine groups is 1. The van der Waals surface area contributed by atoms with E-state index in [1.54, 1.807) is 6.07 Å². The first kappa shape index (κ1) is 23.0. The summed E-state index contributed by atoms with van der Waals surface area (Å²) in [7, 11) is 1.81. The first-order valence-electron chi connectivity index (χ1n) is 9.54. The van der Waals surface area contributed by atoms with Crippen LogP contribution in [-0.4, -0.2) is 55.2 Å². The summed E-state index contributed by atoms with van der Waals surface area (Å²) in [6.45, 7) is 8.08. The van der Waals surface area contributed by atoms with Crippen LogP contribution in [0, 0.1) is 6.92 Å². The van der Waals surface area contributed by atoms with E-state index in [1.807, 2.05) is 30.7 Å². The Labute approximate surface area is 174 Å². The minimum Gasteiger partial charge on any atom is -0.356 e. The predicted octanol–water partition coefficient (Wildman–Crippen LogP) is 2.21. The number of likely N-dealkylation sites (tertiary alicyclic amines) is 1. The van der Waals surface area contributed by atoms with Crippen molar-refractivity contribution in [2.45, 2.75) is 45.6 Å². The number of hydrogen-bond donors (Lipinski definition) is 2. The third-order valence-corrected chi connectivity index (χ3v) is 4.76. The van der Waals surface area contributed by atoms with Crippen molar-refractivity contribution in [2.75, 3.05) is 39.8 Å². The molecule has 2 N–H and O–H groups in total. The second-order valence-electron chi connectivity index (χ2n) is 6.69. The number of aromatic nitrogens is 1. The highest BCUT2D eigenvalue weighted by molar-refractivity contribution is 14.0. The standard InChI is InChI=1S/C19H33N5O.HI/c1-17-9-8-10-18(25)24(17)15-7-4-11-21-19(20-2)22-12-16-23-13-5-3-6-14-23;/h8-10H,3-7,11-16H2,1-2H3,(H2,20,21,22);1H. The van der Waals surface area contributed by atoms with Crippen LogP contribution in [0.1, 0.15) is 37.8 Å². The monoisotopic (exact) mass is 475 g/mol. The molecule has 0 unspecified atom stereocenters. The zero-order chi connectivity index (χ0) is 17.9. The Morgan fingerprint density at radius 1 is 1.08 bits per heavy atom. The highest BCUT2D eigenvalue weighted by atomic mass is 127. The summed E-state index contributed by atoms with van der Waals surface area (Å²) in [5.74, 6) is 0.866. The maximum Gasteiger partial charge on any atom is 0.250 e. The van der Waals surface area contributed by atoms with Crippen molar-refractivity contribution in [2.24, 2.45) is 4.99 Å². The van der Waals surface area contributed by atoms with Crippen LogP contribution in [0.25, 0.3) is 0 Å². The lowest BCUT2D eigenvalue weighted by Gasteiger charge is -2.26. The molecule has 148 valence electrons. The van der Waals surface area contributed by atoms with Gasteiger partial charge in [0.05, 0.1) is 0 Å². The Hall–Kier alpha value is -1.09. The number of aryl methyl sites for hydroxylation is 1. The molecule has 1 fully saturated rings. The minimum absolute atomic E-state index is 0. The van der Waals surface area contributed by atoms with Gasteiger partial charge in [0.15, 0.2) is 5.96 Å². The lowest BCUT2D eigenvalue weighted by molar-refractivity contribution is 0.232. The van der Waals surface area contributed by atoms with Gasteiger partial charge < -0.3 is 20.1 Å². The lowest BCUT2D eigenvalue weighted by atomic mass is 10.1. The SMILES string of the molecule is CN=C(NCCCCn1c(C)cccc1=O)NCCN1CCCCC1.I. The molecule has 1 aromatic heterocycles. The van der Waals surface area contributed by atoms with Crippen LogP contribution < -0.4 is 16.2 Å². The average Bonchev–Trinajstić information content (AvgIpc) is 2.63. The van der Waals surface area contributed by atoms with Gasteiger partial charge in [-0.3, -0.25) is 9.79 Å². The molecule has 2 heterocycles. The molecule has 1 aliphatic heterocycles. The van der Waals surface area contributed by atoms with Crippen LogP contribution in [0.2, 0.25) is 0 Å². The summed E-state index contributed by atoms with van der Waals surface area (Å²) in [4.78, 5) is 18.6. The molecule has 0 spiro atoms. The van der Waals surface area contributed by atoms with Crippen LogP contribution in [0.5, 0.6) is 0 Å². The van der Waals surface area contributed by atoms with Gasteiger partial charge in [-0.2, -0.15) is 0 Å². The fourth-order valence-corrected chi connectivity index (χ4v) is 3.25. The lowest BCUT2D eigenvalue weighted by Crippen LogP contribution is -2.42. The first-order chi connectivity index (χ1) is 12.2. The van der Waals surface area contributed by atoms with Crippen molar-refractivity contribution in [3.8, 4) is 0 Å². The molecule has 1 saturated heterocycles. The van der Waals surface area contributed by atoms with Crippen LogP contribution in [-0.2, 0) is 6.54 Å². The second-order valence-corrected chi connectivity index (χ2v) is 6.69. The zero-order valence-corrected chi connectivity index (χ0v) is 18.5. The van der Waals surface area contributed by atoms with Crippen LogP contribution in [0.4, 0.5) is 0 Å². The molecule has 2 rings (SSSR count). The van der Waals surface area contributed by atoms with Gasteiger partial charge in [0.1, 0.15) is 0 Å². The number of unbranched alkanes of at least 4 members (excludes halogenated alkanes) is 1. The molecule has 0 radical (unpaired) electrons. The molecule has 26 heavy (non-hydrogen) atoms. The molecule has 7 heteroatoms. The predicted molar refractivity (Wildman–Crippen MR) is 120 cm³/mol. The van der Waals surface area contributed by atoms with E-state index in [9.17, 15) is 4.79 Å². The molecular weight excluding hydrogens is 441 g/mol. The number of rotatable bonds is 8. The normalized spacial score (nSPS) is 15.4. The molecule has 0 aliphatic carbocycles. The smallest absolute Gasteiger partial charge is 0.250 e. The van der Waals surface area contributed by atoms with E-state index in [-0.39, 0.29) is 29.5 Å². The Bertz CT molecular complexity index is 596. The van der Waals surface area contributed by atoms with E-state index >= 15 is 0 Å². The second kappa shape index (κ2) is 13.1. The third-order valence-electron chi connectivity index (χ3n) is 4.76. The molecule has 6 nitrogen and oxygen atoms in total. The van der Waals surface area contributed by atoms with Crippen molar-refractivity contribution in [3.05, 3.63) is 34.2 Å². The summed E-state index contributed by atoms with van der Waals surface area (Å²) >= 11 is 0. The van der Waals surface area contributed by atoms with Gasteiger partial charge in [0, 0.05) is 45.0 Å². The first-order valence-corrected chi connectivity index (χ1v) is 9.54. The van der Waals surface area contributed by atoms with Gasteiger partial charge in [-0.15, -0.1) is 24.0 Å². The van der Waals surface area contributed by atoms with Crippen molar-refractivity contribution in [1.82, 2.24) is 20.1 Å². The van der Waals surface area contributed by atoms with Crippen LogP contribution >= 0.6 is 24.0 Å². The maximum absolute atomic E-state index is 11.8. The van der Waals surface area contributed by atoms with E-state index in [2.05, 4.69) is 20.5 Å². The fraction of sp³-hybridized carbons (Fsp3) is 0.684. The summed E-state index contributed by atoms with van der Waals surface area (Å²) in [5.41, 5.74) is 1.11. The molecular formula is C19H34IN5O. The molecule has 0 bridgehead atoms. The zero-order valence-electron chi connectivity index (χ0n) is 16.2. The summed E-state index contributed by atoms with van der Waals surface area (Å²) in [6, 6.07) is 5.42. The van der Waals surface area contributed by atoms with Crippen molar-refractivity contribution < 1.29 is 0 Å². The van der Waals surface area contributed by atoms with Crippen LogP contribution in [0.3, 0.4) is 0 Å². The number of piperidine rings is 1. The number of pyridine rings is 1. The van der Waals surface area contributed by atoms with Gasteiger partial charge >= 0.3 is 0 Å². The molecule has 1 aliphatic rings. The summed E-state index contributed by atoms with van der Waals surface area (Å²) in [5, 5.41) is 6.74. The Morgan fingerprint density at radius 3 is 2.50 bits per heavy atom. The highest BCUT2D eigenvalue weighted by Crippen LogP contribution is 2.07. The average molecular weight is 475 g/mol. The van der Waals surface area contributed by atoms with Crippen LogP contribution in [0.15, 0.2) is 28.0 Å². The van der Waals surface area contributed by atoms with Crippen molar-refractivity contribution >= 4 is 29.9 Å². The molecule has 0 saturated carbocycles. The Kier molecular flexibility index (Phi) is 11.6. The molecule has 0 atom stereocenters. The number of hydrogen-bond acceptors (Lipinski definition) is 3. The van der Waals surface area contributed by atoms with Gasteiger partial charge in [0.2, 0.25) is 0 Å². The maximum atomic E-state index is 11.8. The van der Waals surface area contributed by atoms with Crippen molar-refractivity contribution in [1.29, 1.82) is 0 Å². The number of nitrogens with one attached hydrogen (secondary N) is 2. The largest absolute Gasteiger partial charge is 0.356 e.